The Morgan fingerprint density at radius 2 is 2.14 bits per heavy atom. The van der Waals surface area contributed by atoms with Gasteiger partial charge in [-0.05, 0) is 24.1 Å². The summed E-state index contributed by atoms with van der Waals surface area (Å²) in [5, 5.41) is 3.74. The van der Waals surface area contributed by atoms with E-state index in [1.807, 2.05) is 6.92 Å². The number of aryl methyl sites for hydroxylation is 1. The predicted octanol–water partition coefficient (Wildman–Crippen LogP) is 2.97. The third-order valence-electron chi connectivity index (χ3n) is 2.68. The highest BCUT2D eigenvalue weighted by atomic mass is 19.4. The van der Waals surface area contributed by atoms with Gasteiger partial charge in [-0.1, -0.05) is 24.2 Å². The normalized spacial score (nSPS) is 13.2. The molecule has 0 bridgehead atoms. The lowest BCUT2D eigenvalue weighted by molar-refractivity contribution is -0.274. The molecule has 8 heteroatoms. The summed E-state index contributed by atoms with van der Waals surface area (Å²) in [4.78, 5) is 4.11. The summed E-state index contributed by atoms with van der Waals surface area (Å²) >= 11 is 0. The fourth-order valence-corrected chi connectivity index (χ4v) is 1.76. The molecule has 0 fully saturated rings. The van der Waals surface area contributed by atoms with E-state index >= 15 is 0 Å². The molecule has 0 aliphatic carbocycles. The van der Waals surface area contributed by atoms with Crippen LogP contribution in [0.25, 0.3) is 0 Å². The molecule has 0 radical (unpaired) electrons. The number of nitrogens with zero attached hydrogens (tertiary/aromatic N) is 2. The summed E-state index contributed by atoms with van der Waals surface area (Å²) in [5.74, 6) is 0.334. The lowest BCUT2D eigenvalue weighted by atomic mass is 10.1. The molecule has 114 valence electrons. The zero-order chi connectivity index (χ0) is 15.5. The van der Waals surface area contributed by atoms with Gasteiger partial charge < -0.3 is 15.0 Å². The zero-order valence-corrected chi connectivity index (χ0v) is 11.2. The van der Waals surface area contributed by atoms with Crippen molar-refractivity contribution in [2.75, 3.05) is 0 Å². The van der Waals surface area contributed by atoms with Crippen LogP contribution in [0.4, 0.5) is 13.2 Å². The van der Waals surface area contributed by atoms with E-state index in [0.717, 1.165) is 6.42 Å². The van der Waals surface area contributed by atoms with Gasteiger partial charge in [-0.3, -0.25) is 0 Å². The number of benzene rings is 1. The lowest BCUT2D eigenvalue weighted by Crippen LogP contribution is -2.18. The summed E-state index contributed by atoms with van der Waals surface area (Å²) in [6.07, 6.45) is -3.29. The molecule has 0 saturated heterocycles. The first-order valence-electron chi connectivity index (χ1n) is 6.33. The summed E-state index contributed by atoms with van der Waals surface area (Å²) < 4.78 is 45.4. The summed E-state index contributed by atoms with van der Waals surface area (Å²) in [5.41, 5.74) is 6.34. The maximum absolute atomic E-state index is 12.2. The van der Waals surface area contributed by atoms with Crippen molar-refractivity contribution in [3.63, 3.8) is 0 Å². The van der Waals surface area contributed by atoms with Crippen LogP contribution >= 0.6 is 0 Å². The van der Waals surface area contributed by atoms with Crippen LogP contribution < -0.4 is 10.5 Å². The number of ether oxygens (including phenoxy) is 1. The minimum Gasteiger partial charge on any atom is -0.406 e. The first-order valence-corrected chi connectivity index (χ1v) is 6.33. The monoisotopic (exact) mass is 301 g/mol. The van der Waals surface area contributed by atoms with Crippen molar-refractivity contribution in [2.24, 2.45) is 5.73 Å². The molecule has 21 heavy (non-hydrogen) atoms. The van der Waals surface area contributed by atoms with E-state index in [4.69, 9.17) is 10.3 Å². The Morgan fingerprint density at radius 1 is 1.38 bits per heavy atom. The second kappa shape index (κ2) is 6.13. The molecule has 0 aliphatic rings. The Hall–Kier alpha value is -2.09. The Kier molecular flexibility index (Phi) is 4.46. The van der Waals surface area contributed by atoms with Gasteiger partial charge in [0.15, 0.2) is 5.82 Å². The van der Waals surface area contributed by atoms with E-state index < -0.39 is 12.4 Å². The number of aromatic nitrogens is 2. The van der Waals surface area contributed by atoms with E-state index in [9.17, 15) is 13.2 Å². The average molecular weight is 301 g/mol. The van der Waals surface area contributed by atoms with Crippen LogP contribution in [-0.4, -0.2) is 16.5 Å². The Bertz CT molecular complexity index is 598. The van der Waals surface area contributed by atoms with Crippen LogP contribution in [-0.2, 0) is 6.42 Å². The number of alkyl halides is 3. The molecule has 2 aromatic rings. The van der Waals surface area contributed by atoms with E-state index in [-0.39, 0.29) is 11.6 Å². The Balaban J connectivity index is 2.18. The smallest absolute Gasteiger partial charge is 0.406 e. The number of nitrogens with two attached hydrogens (primary N) is 1. The summed E-state index contributed by atoms with van der Waals surface area (Å²) in [7, 11) is 0. The van der Waals surface area contributed by atoms with Crippen molar-refractivity contribution in [3.8, 4) is 5.75 Å². The number of hydrogen-bond donors (Lipinski definition) is 1. The minimum absolute atomic E-state index is 0.225. The standard InChI is InChI=1S/C13H14F3N3O2/c1-2-4-10-18-12(19-21-10)11(17)8-5-3-6-9(7-8)20-13(14,15)16/h3,5-7,11H,2,4,17H2,1H3. The topological polar surface area (TPSA) is 74.2 Å². The molecule has 2 rings (SSSR count). The highest BCUT2D eigenvalue weighted by Gasteiger charge is 2.31. The van der Waals surface area contributed by atoms with Crippen LogP contribution in [0.3, 0.4) is 0 Å². The van der Waals surface area contributed by atoms with Gasteiger partial charge in [0, 0.05) is 6.42 Å². The molecule has 1 atom stereocenters. The number of halogens is 3. The van der Waals surface area contributed by atoms with E-state index in [0.29, 0.717) is 17.9 Å². The van der Waals surface area contributed by atoms with Crippen molar-refractivity contribution in [1.82, 2.24) is 10.1 Å². The van der Waals surface area contributed by atoms with Crippen molar-refractivity contribution in [3.05, 3.63) is 41.5 Å². The Labute approximate surface area is 118 Å². The van der Waals surface area contributed by atoms with Gasteiger partial charge in [-0.25, -0.2) is 0 Å². The van der Waals surface area contributed by atoms with Gasteiger partial charge in [0.25, 0.3) is 0 Å². The molecule has 1 aromatic heterocycles. The fourth-order valence-electron chi connectivity index (χ4n) is 1.76. The van der Waals surface area contributed by atoms with Crippen molar-refractivity contribution in [2.45, 2.75) is 32.2 Å². The molecule has 1 heterocycles. The third kappa shape index (κ3) is 4.19. The lowest BCUT2D eigenvalue weighted by Gasteiger charge is -2.12. The molecule has 0 spiro atoms. The van der Waals surface area contributed by atoms with E-state index in [1.165, 1.54) is 18.2 Å². The van der Waals surface area contributed by atoms with Crippen LogP contribution in [0, 0.1) is 0 Å². The third-order valence-corrected chi connectivity index (χ3v) is 2.68. The molecule has 0 amide bonds. The maximum atomic E-state index is 12.2. The second-order valence-corrected chi connectivity index (χ2v) is 4.39. The molecule has 1 aromatic carbocycles. The maximum Gasteiger partial charge on any atom is 0.573 e. The molecule has 5 nitrogen and oxygen atoms in total. The van der Waals surface area contributed by atoms with Crippen molar-refractivity contribution < 1.29 is 22.4 Å². The van der Waals surface area contributed by atoms with Gasteiger partial charge in [0.2, 0.25) is 5.89 Å². The first-order chi connectivity index (χ1) is 9.89. The predicted molar refractivity (Wildman–Crippen MR) is 67.4 cm³/mol. The van der Waals surface area contributed by atoms with Crippen molar-refractivity contribution in [1.29, 1.82) is 0 Å². The Morgan fingerprint density at radius 3 is 2.81 bits per heavy atom. The van der Waals surface area contributed by atoms with Gasteiger partial charge in [-0.15, -0.1) is 13.2 Å². The van der Waals surface area contributed by atoms with Gasteiger partial charge >= 0.3 is 6.36 Å². The highest BCUT2D eigenvalue weighted by Crippen LogP contribution is 2.26. The molecular formula is C13H14F3N3O2. The van der Waals surface area contributed by atoms with E-state index in [1.54, 1.807) is 6.07 Å². The molecule has 0 saturated carbocycles. The number of rotatable bonds is 5. The SMILES string of the molecule is CCCc1nc(C(N)c2cccc(OC(F)(F)F)c2)no1. The van der Waals surface area contributed by atoms with Crippen molar-refractivity contribution >= 4 is 0 Å². The van der Waals surface area contributed by atoms with Gasteiger partial charge in [0.1, 0.15) is 5.75 Å². The molecule has 0 aliphatic heterocycles. The van der Waals surface area contributed by atoms with E-state index in [2.05, 4.69) is 14.9 Å². The van der Waals surface area contributed by atoms with Crippen LogP contribution in [0.2, 0.25) is 0 Å². The van der Waals surface area contributed by atoms with Crippen LogP contribution in [0.15, 0.2) is 28.8 Å². The summed E-state index contributed by atoms with van der Waals surface area (Å²) in [6, 6.07) is 4.61. The van der Waals surface area contributed by atoms with Gasteiger partial charge in [0.05, 0.1) is 6.04 Å². The molecule has 1 unspecified atom stereocenters. The fraction of sp³-hybridized carbons (Fsp3) is 0.385. The van der Waals surface area contributed by atoms with Crippen LogP contribution in [0.1, 0.15) is 36.7 Å². The van der Waals surface area contributed by atoms with Crippen LogP contribution in [0.5, 0.6) is 5.75 Å². The largest absolute Gasteiger partial charge is 0.573 e. The zero-order valence-electron chi connectivity index (χ0n) is 11.2. The average Bonchev–Trinajstić information content (AvgIpc) is 2.85. The molecule has 2 N–H and O–H groups in total. The quantitative estimate of drug-likeness (QED) is 0.919. The minimum atomic E-state index is -4.75. The first kappa shape index (κ1) is 15.3. The van der Waals surface area contributed by atoms with Gasteiger partial charge in [-0.2, -0.15) is 4.98 Å². The summed E-state index contributed by atoms with van der Waals surface area (Å²) in [6.45, 7) is 1.96. The highest BCUT2D eigenvalue weighted by molar-refractivity contribution is 5.33. The second-order valence-electron chi connectivity index (χ2n) is 4.39. The number of hydrogen-bond acceptors (Lipinski definition) is 5. The molecular weight excluding hydrogens is 287 g/mol.